The van der Waals surface area contributed by atoms with E-state index in [0.717, 1.165) is 0 Å². The maximum absolute atomic E-state index is 8.50. The van der Waals surface area contributed by atoms with Crippen molar-refractivity contribution >= 4 is 23.4 Å². The van der Waals surface area contributed by atoms with Gasteiger partial charge in [0.15, 0.2) is 5.82 Å². The van der Waals surface area contributed by atoms with Gasteiger partial charge in [-0.3, -0.25) is 0 Å². The first-order valence-electron chi connectivity index (χ1n) is 4.69. The maximum Gasteiger partial charge on any atom is 0.211 e. The van der Waals surface area contributed by atoms with Crippen LogP contribution < -0.4 is 5.84 Å². The summed E-state index contributed by atoms with van der Waals surface area (Å²) in [6.07, 6.45) is 0. The first kappa shape index (κ1) is 11.8. The van der Waals surface area contributed by atoms with E-state index in [1.807, 2.05) is 24.3 Å². The molecule has 1 aromatic carbocycles. The molecule has 0 aliphatic heterocycles. The van der Waals surface area contributed by atoms with Crippen LogP contribution in [0.1, 0.15) is 0 Å². The molecule has 5 nitrogen and oxygen atoms in total. The van der Waals surface area contributed by atoms with Gasteiger partial charge in [0, 0.05) is 5.56 Å². The lowest BCUT2D eigenvalue weighted by molar-refractivity contribution is 0.851. The summed E-state index contributed by atoms with van der Waals surface area (Å²) in [5, 5.41) is 17.4. The fraction of sp³-hybridized carbons (Fsp3) is 0.100. The van der Waals surface area contributed by atoms with Gasteiger partial charge in [-0.1, -0.05) is 35.5 Å². The zero-order valence-electron chi connectivity index (χ0n) is 8.67. The van der Waals surface area contributed by atoms with E-state index in [2.05, 4.69) is 10.2 Å². The number of thioether (sulfide) groups is 1. The molecule has 1 aromatic heterocycles. The van der Waals surface area contributed by atoms with Crippen molar-refractivity contribution in [2.24, 2.45) is 0 Å². The normalized spacial score (nSPS) is 10.1. The van der Waals surface area contributed by atoms with Crippen LogP contribution in [0.5, 0.6) is 0 Å². The van der Waals surface area contributed by atoms with E-state index < -0.39 is 0 Å². The average molecular weight is 266 g/mol. The van der Waals surface area contributed by atoms with Crippen molar-refractivity contribution in [1.29, 1.82) is 5.26 Å². The van der Waals surface area contributed by atoms with Gasteiger partial charge in [-0.15, -0.1) is 10.2 Å². The number of nitriles is 1. The Hall–Kier alpha value is -1.71. The van der Waals surface area contributed by atoms with E-state index >= 15 is 0 Å². The first-order valence-corrected chi connectivity index (χ1v) is 6.05. The second-order valence-electron chi connectivity index (χ2n) is 3.10. The molecular formula is C10H8ClN5S. The molecular weight excluding hydrogens is 258 g/mol. The second kappa shape index (κ2) is 5.08. The predicted octanol–water partition coefficient (Wildman–Crippen LogP) is 1.93. The highest BCUT2D eigenvalue weighted by atomic mass is 35.5. The van der Waals surface area contributed by atoms with Gasteiger partial charge in [0.25, 0.3) is 0 Å². The highest BCUT2D eigenvalue weighted by molar-refractivity contribution is 7.99. The Morgan fingerprint density at radius 1 is 1.41 bits per heavy atom. The van der Waals surface area contributed by atoms with E-state index in [1.165, 1.54) is 16.4 Å². The Morgan fingerprint density at radius 2 is 2.18 bits per heavy atom. The summed E-state index contributed by atoms with van der Waals surface area (Å²) in [4.78, 5) is 0. The van der Waals surface area contributed by atoms with Gasteiger partial charge in [0.2, 0.25) is 5.16 Å². The summed E-state index contributed by atoms with van der Waals surface area (Å²) in [6.45, 7) is 0. The van der Waals surface area contributed by atoms with Crippen LogP contribution >= 0.6 is 23.4 Å². The third-order valence-corrected chi connectivity index (χ3v) is 3.18. The minimum absolute atomic E-state index is 0.276. The van der Waals surface area contributed by atoms with Gasteiger partial charge in [0.1, 0.15) is 0 Å². The summed E-state index contributed by atoms with van der Waals surface area (Å²) >= 11 is 7.28. The van der Waals surface area contributed by atoms with Crippen LogP contribution in [0.4, 0.5) is 0 Å². The molecule has 0 atom stereocenters. The van der Waals surface area contributed by atoms with Gasteiger partial charge >= 0.3 is 0 Å². The minimum Gasteiger partial charge on any atom is -0.335 e. The van der Waals surface area contributed by atoms with Crippen molar-refractivity contribution in [1.82, 2.24) is 14.9 Å². The lowest BCUT2D eigenvalue weighted by Gasteiger charge is -2.03. The molecule has 2 aromatic rings. The molecule has 0 fully saturated rings. The molecule has 7 heteroatoms. The predicted molar refractivity (Wildman–Crippen MR) is 67.0 cm³/mol. The Balaban J connectivity index is 2.38. The molecule has 0 radical (unpaired) electrons. The van der Waals surface area contributed by atoms with Crippen molar-refractivity contribution < 1.29 is 0 Å². The Bertz CT molecular complexity index is 574. The van der Waals surface area contributed by atoms with Crippen molar-refractivity contribution in [3.63, 3.8) is 0 Å². The maximum atomic E-state index is 8.50. The van der Waals surface area contributed by atoms with Crippen molar-refractivity contribution in [3.8, 4) is 17.5 Å². The van der Waals surface area contributed by atoms with E-state index in [4.69, 9.17) is 22.7 Å². The number of nitrogens with two attached hydrogens (primary N) is 1. The molecule has 0 saturated carbocycles. The fourth-order valence-electron chi connectivity index (χ4n) is 1.30. The second-order valence-corrected chi connectivity index (χ2v) is 4.45. The summed E-state index contributed by atoms with van der Waals surface area (Å²) in [5.41, 5.74) is 0.716. The SMILES string of the molecule is N#CCSc1nnc(-c2ccccc2Cl)n1N. The smallest absolute Gasteiger partial charge is 0.211 e. The minimum atomic E-state index is 0.276. The van der Waals surface area contributed by atoms with Gasteiger partial charge < -0.3 is 5.84 Å². The quantitative estimate of drug-likeness (QED) is 0.677. The average Bonchev–Trinajstić information content (AvgIpc) is 2.69. The molecule has 17 heavy (non-hydrogen) atoms. The van der Waals surface area contributed by atoms with Crippen LogP contribution in [0.15, 0.2) is 29.4 Å². The number of halogens is 1. The highest BCUT2D eigenvalue weighted by Gasteiger charge is 2.13. The van der Waals surface area contributed by atoms with Crippen LogP contribution in [0, 0.1) is 11.3 Å². The third kappa shape index (κ3) is 2.35. The van der Waals surface area contributed by atoms with E-state index in [-0.39, 0.29) is 5.75 Å². The number of nitrogen functional groups attached to an aromatic ring is 1. The molecule has 0 bridgehead atoms. The Kier molecular flexibility index (Phi) is 3.52. The lowest BCUT2D eigenvalue weighted by atomic mass is 10.2. The number of aromatic nitrogens is 3. The monoisotopic (exact) mass is 265 g/mol. The summed E-state index contributed by atoms with van der Waals surface area (Å²) in [7, 11) is 0. The number of benzene rings is 1. The van der Waals surface area contributed by atoms with Gasteiger partial charge in [-0.05, 0) is 12.1 Å². The van der Waals surface area contributed by atoms with Crippen LogP contribution in [0.2, 0.25) is 5.02 Å². The van der Waals surface area contributed by atoms with Crippen LogP contribution in [-0.4, -0.2) is 20.6 Å². The molecule has 2 N–H and O–H groups in total. The van der Waals surface area contributed by atoms with E-state index in [9.17, 15) is 0 Å². The molecule has 0 aliphatic rings. The largest absolute Gasteiger partial charge is 0.335 e. The van der Waals surface area contributed by atoms with Crippen molar-refractivity contribution in [3.05, 3.63) is 29.3 Å². The van der Waals surface area contributed by atoms with Crippen LogP contribution in [0.3, 0.4) is 0 Å². The Labute approximate surface area is 107 Å². The molecule has 86 valence electrons. The van der Waals surface area contributed by atoms with Crippen LogP contribution in [0.25, 0.3) is 11.4 Å². The topological polar surface area (TPSA) is 80.5 Å². The number of hydrogen-bond donors (Lipinski definition) is 1. The summed E-state index contributed by atoms with van der Waals surface area (Å²) in [5.74, 6) is 6.61. The van der Waals surface area contributed by atoms with E-state index in [1.54, 1.807) is 6.07 Å². The number of hydrogen-bond acceptors (Lipinski definition) is 5. The molecule has 0 spiro atoms. The van der Waals surface area contributed by atoms with Gasteiger partial charge in [-0.2, -0.15) is 5.26 Å². The fourth-order valence-corrected chi connectivity index (χ4v) is 2.04. The Morgan fingerprint density at radius 3 is 2.88 bits per heavy atom. The van der Waals surface area contributed by atoms with Gasteiger partial charge in [-0.25, -0.2) is 4.68 Å². The number of nitrogens with zero attached hydrogens (tertiary/aromatic N) is 4. The third-order valence-electron chi connectivity index (χ3n) is 2.05. The summed E-state index contributed by atoms with van der Waals surface area (Å²) < 4.78 is 1.34. The summed E-state index contributed by atoms with van der Waals surface area (Å²) in [6, 6.07) is 9.25. The van der Waals surface area contributed by atoms with E-state index in [0.29, 0.717) is 21.6 Å². The van der Waals surface area contributed by atoms with Crippen LogP contribution in [-0.2, 0) is 0 Å². The van der Waals surface area contributed by atoms with Crippen molar-refractivity contribution in [2.45, 2.75) is 5.16 Å². The first-order chi connectivity index (χ1) is 8.24. The molecule has 2 rings (SSSR count). The zero-order chi connectivity index (χ0) is 12.3. The number of rotatable bonds is 3. The molecule has 1 heterocycles. The van der Waals surface area contributed by atoms with Gasteiger partial charge in [0.05, 0.1) is 16.8 Å². The molecule has 0 saturated heterocycles. The van der Waals surface area contributed by atoms with Crippen molar-refractivity contribution in [2.75, 3.05) is 11.6 Å². The molecule has 0 aliphatic carbocycles. The molecule has 0 amide bonds. The standard InChI is InChI=1S/C10H8ClN5S/c11-8-4-2-1-3-7(8)9-14-15-10(16(9)13)17-6-5-12/h1-4H,6,13H2. The zero-order valence-corrected chi connectivity index (χ0v) is 10.2. The lowest BCUT2D eigenvalue weighted by Crippen LogP contribution is -2.11. The molecule has 0 unspecified atom stereocenters. The highest BCUT2D eigenvalue weighted by Crippen LogP contribution is 2.27.